The second-order valence-corrected chi connectivity index (χ2v) is 11.8. The van der Waals surface area contributed by atoms with Crippen molar-refractivity contribution in [2.75, 3.05) is 57.4 Å². The molecule has 9 heteroatoms. The van der Waals surface area contributed by atoms with Gasteiger partial charge in [0.25, 0.3) is 5.91 Å². The number of hydrogen-bond acceptors (Lipinski definition) is 7. The van der Waals surface area contributed by atoms with Gasteiger partial charge in [0.15, 0.2) is 5.78 Å². The van der Waals surface area contributed by atoms with Crippen LogP contribution in [0.5, 0.6) is 0 Å². The number of hydrogen-bond donors (Lipinski definition) is 1. The SMILES string of the molecule is CCCN1CCN(c2ccc(C(=O)NC(CC(C)(C)C)C(=O)N3C[C@H](OCC)[C@H]4OCC(=O)[C@H]43)cc2)CC1. The molecule has 38 heavy (non-hydrogen) atoms. The molecule has 4 rings (SSSR count). The first-order chi connectivity index (χ1) is 18.1. The van der Waals surface area contributed by atoms with E-state index in [0.717, 1.165) is 38.4 Å². The molecule has 3 heterocycles. The number of nitrogens with one attached hydrogen (secondary N) is 1. The second-order valence-electron chi connectivity index (χ2n) is 11.8. The summed E-state index contributed by atoms with van der Waals surface area (Å²) >= 11 is 0. The molecule has 0 saturated carbocycles. The molecule has 0 aromatic heterocycles. The van der Waals surface area contributed by atoms with Crippen molar-refractivity contribution in [3.05, 3.63) is 29.8 Å². The highest BCUT2D eigenvalue weighted by atomic mass is 16.6. The second kappa shape index (κ2) is 12.1. The van der Waals surface area contributed by atoms with Gasteiger partial charge in [-0.3, -0.25) is 19.3 Å². The molecular weight excluding hydrogens is 484 g/mol. The summed E-state index contributed by atoms with van der Waals surface area (Å²) in [4.78, 5) is 46.1. The lowest BCUT2D eigenvalue weighted by molar-refractivity contribution is -0.139. The van der Waals surface area contributed by atoms with E-state index in [0.29, 0.717) is 18.6 Å². The lowest BCUT2D eigenvalue weighted by Crippen LogP contribution is -2.53. The quantitative estimate of drug-likeness (QED) is 0.526. The van der Waals surface area contributed by atoms with Crippen molar-refractivity contribution < 1.29 is 23.9 Å². The fraction of sp³-hybridized carbons (Fsp3) is 0.690. The first-order valence-corrected chi connectivity index (χ1v) is 14.1. The molecule has 1 unspecified atom stereocenters. The predicted octanol–water partition coefficient (Wildman–Crippen LogP) is 2.34. The molecule has 2 amide bonds. The standard InChI is InChI=1S/C29H44N4O5/c1-6-12-31-13-15-32(16-14-31)21-10-8-20(9-11-21)27(35)30-22(17-29(3,4)5)28(36)33-18-24(37-7-2)26-25(33)23(34)19-38-26/h8-11,22,24-26H,6-7,12-19H2,1-5H3,(H,30,35)/t22?,24-,25+,26+/m0/s1. The molecule has 9 nitrogen and oxygen atoms in total. The molecule has 1 N–H and O–H groups in total. The molecular formula is C29H44N4O5. The van der Waals surface area contributed by atoms with Crippen LogP contribution in [0.4, 0.5) is 5.69 Å². The highest BCUT2D eigenvalue weighted by Gasteiger charge is 2.53. The largest absolute Gasteiger partial charge is 0.374 e. The maximum Gasteiger partial charge on any atom is 0.251 e. The lowest BCUT2D eigenvalue weighted by atomic mass is 9.87. The van der Waals surface area contributed by atoms with Crippen LogP contribution in [-0.2, 0) is 19.1 Å². The first-order valence-electron chi connectivity index (χ1n) is 14.1. The summed E-state index contributed by atoms with van der Waals surface area (Å²) in [6, 6.07) is 6.20. The van der Waals surface area contributed by atoms with E-state index in [9.17, 15) is 14.4 Å². The number of nitrogens with zero attached hydrogens (tertiary/aromatic N) is 3. The highest BCUT2D eigenvalue weighted by molar-refractivity contribution is 5.99. The number of carbonyl (C=O) groups is 3. The van der Waals surface area contributed by atoms with Gasteiger partial charge < -0.3 is 24.6 Å². The van der Waals surface area contributed by atoms with Gasteiger partial charge in [-0.05, 0) is 56.0 Å². The number of ether oxygens (including phenoxy) is 2. The smallest absolute Gasteiger partial charge is 0.251 e. The van der Waals surface area contributed by atoms with Crippen LogP contribution in [-0.4, -0.2) is 104 Å². The summed E-state index contributed by atoms with van der Waals surface area (Å²) in [5.74, 6) is -0.665. The zero-order valence-electron chi connectivity index (χ0n) is 23.6. The Balaban J connectivity index is 1.44. The molecule has 210 valence electrons. The van der Waals surface area contributed by atoms with Crippen molar-refractivity contribution in [2.24, 2.45) is 5.41 Å². The summed E-state index contributed by atoms with van der Waals surface area (Å²) in [6.07, 6.45) is 0.815. The zero-order chi connectivity index (χ0) is 27.4. The van der Waals surface area contributed by atoms with E-state index in [-0.39, 0.29) is 42.3 Å². The number of fused-ring (bicyclic) bond motifs is 1. The number of amides is 2. The van der Waals surface area contributed by atoms with Gasteiger partial charge in [0.2, 0.25) is 5.91 Å². The van der Waals surface area contributed by atoms with Crippen molar-refractivity contribution >= 4 is 23.3 Å². The Morgan fingerprint density at radius 1 is 1.11 bits per heavy atom. The summed E-state index contributed by atoms with van der Waals surface area (Å²) in [5.41, 5.74) is 1.40. The van der Waals surface area contributed by atoms with Crippen LogP contribution in [0.15, 0.2) is 24.3 Å². The molecule has 3 aliphatic heterocycles. The lowest BCUT2D eigenvalue weighted by Gasteiger charge is -2.36. The van der Waals surface area contributed by atoms with Gasteiger partial charge in [-0.25, -0.2) is 0 Å². The van der Waals surface area contributed by atoms with Crippen LogP contribution in [0, 0.1) is 5.41 Å². The molecule has 0 aliphatic carbocycles. The van der Waals surface area contributed by atoms with Gasteiger partial charge in [-0.2, -0.15) is 0 Å². The third-order valence-electron chi connectivity index (χ3n) is 7.63. The highest BCUT2D eigenvalue weighted by Crippen LogP contribution is 2.31. The minimum atomic E-state index is -0.761. The maximum atomic E-state index is 13.8. The van der Waals surface area contributed by atoms with Crippen molar-refractivity contribution in [1.29, 1.82) is 0 Å². The fourth-order valence-electron chi connectivity index (χ4n) is 5.82. The molecule has 0 spiro atoms. The molecule has 1 aromatic carbocycles. The summed E-state index contributed by atoms with van der Waals surface area (Å²) in [7, 11) is 0. The van der Waals surface area contributed by atoms with Gasteiger partial charge in [-0.15, -0.1) is 0 Å². The van der Waals surface area contributed by atoms with Crippen LogP contribution in [0.1, 0.15) is 57.8 Å². The number of rotatable bonds is 9. The van der Waals surface area contributed by atoms with Crippen molar-refractivity contribution in [3.8, 4) is 0 Å². The van der Waals surface area contributed by atoms with Crippen LogP contribution < -0.4 is 10.2 Å². The van der Waals surface area contributed by atoms with Gasteiger partial charge >= 0.3 is 0 Å². The Hall–Kier alpha value is -2.49. The van der Waals surface area contributed by atoms with Crippen molar-refractivity contribution in [2.45, 2.75) is 71.8 Å². The van der Waals surface area contributed by atoms with E-state index in [4.69, 9.17) is 9.47 Å². The van der Waals surface area contributed by atoms with E-state index in [1.54, 1.807) is 4.90 Å². The number of anilines is 1. The van der Waals surface area contributed by atoms with Gasteiger partial charge in [0.05, 0.1) is 6.54 Å². The van der Waals surface area contributed by atoms with E-state index in [2.05, 4.69) is 22.0 Å². The fourth-order valence-corrected chi connectivity index (χ4v) is 5.82. The van der Waals surface area contributed by atoms with Crippen LogP contribution in [0.25, 0.3) is 0 Å². The zero-order valence-corrected chi connectivity index (χ0v) is 23.6. The number of ketones is 1. The molecule has 0 radical (unpaired) electrons. The minimum absolute atomic E-state index is 0.0149. The summed E-state index contributed by atoms with van der Waals surface area (Å²) in [6.45, 7) is 16.1. The van der Waals surface area contributed by atoms with Gasteiger partial charge in [0, 0.05) is 44.0 Å². The van der Waals surface area contributed by atoms with E-state index in [1.165, 1.54) is 6.42 Å². The van der Waals surface area contributed by atoms with Crippen LogP contribution in [0.2, 0.25) is 0 Å². The number of likely N-dealkylation sites (tertiary alicyclic amines) is 1. The van der Waals surface area contributed by atoms with E-state index in [1.807, 2.05) is 52.0 Å². The third-order valence-corrected chi connectivity index (χ3v) is 7.63. The van der Waals surface area contributed by atoms with Crippen molar-refractivity contribution in [1.82, 2.24) is 15.1 Å². The van der Waals surface area contributed by atoms with Crippen LogP contribution >= 0.6 is 0 Å². The topological polar surface area (TPSA) is 91.4 Å². The van der Waals surface area contributed by atoms with Crippen LogP contribution in [0.3, 0.4) is 0 Å². The monoisotopic (exact) mass is 528 g/mol. The Kier molecular flexibility index (Phi) is 9.11. The predicted molar refractivity (Wildman–Crippen MR) is 146 cm³/mol. The number of Topliss-reactive ketones (excluding diaryl/α,β-unsaturated/α-hetero) is 1. The Morgan fingerprint density at radius 3 is 2.39 bits per heavy atom. The molecule has 4 atom stereocenters. The number of carbonyl (C=O) groups excluding carboxylic acids is 3. The average molecular weight is 529 g/mol. The van der Waals surface area contributed by atoms with Gasteiger partial charge in [0.1, 0.15) is 30.9 Å². The number of benzene rings is 1. The molecule has 3 saturated heterocycles. The minimum Gasteiger partial charge on any atom is -0.374 e. The van der Waals surface area contributed by atoms with Gasteiger partial charge in [-0.1, -0.05) is 27.7 Å². The average Bonchev–Trinajstić information content (AvgIpc) is 3.44. The molecule has 3 aliphatic rings. The normalized spacial score (nSPS) is 25.0. The first kappa shape index (κ1) is 28.5. The van der Waals surface area contributed by atoms with E-state index < -0.39 is 18.2 Å². The Labute approximate surface area is 226 Å². The third kappa shape index (κ3) is 6.55. The Bertz CT molecular complexity index is 984. The van der Waals surface area contributed by atoms with E-state index >= 15 is 0 Å². The molecule has 0 bridgehead atoms. The molecule has 1 aromatic rings. The molecule has 3 fully saturated rings. The summed E-state index contributed by atoms with van der Waals surface area (Å²) in [5, 5.41) is 2.98. The van der Waals surface area contributed by atoms with Crippen molar-refractivity contribution in [3.63, 3.8) is 0 Å². The summed E-state index contributed by atoms with van der Waals surface area (Å²) < 4.78 is 11.5. The maximum absolute atomic E-state index is 13.8. The Morgan fingerprint density at radius 2 is 1.79 bits per heavy atom. The number of piperazine rings is 1.